The molecule has 0 bridgehead atoms. The second-order valence-corrected chi connectivity index (χ2v) is 6.14. The largest absolute Gasteiger partial charge is 0.250 e. The molecule has 1 saturated carbocycles. The highest BCUT2D eigenvalue weighted by molar-refractivity contribution is 7.98. The third-order valence-electron chi connectivity index (χ3n) is 3.68. The van der Waals surface area contributed by atoms with Crippen molar-refractivity contribution in [2.24, 2.45) is 0 Å². The van der Waals surface area contributed by atoms with Gasteiger partial charge in [0.05, 0.1) is 11.7 Å². The average molecular weight is 257 g/mol. The van der Waals surface area contributed by atoms with Gasteiger partial charge in [-0.2, -0.15) is 16.9 Å². The van der Waals surface area contributed by atoms with Crippen LogP contribution in [0, 0.1) is 0 Å². The summed E-state index contributed by atoms with van der Waals surface area (Å²) in [6.07, 6.45) is 7.94. The highest BCUT2D eigenvalue weighted by Crippen LogP contribution is 2.38. The average Bonchev–Trinajstić information content (AvgIpc) is 2.74. The van der Waals surface area contributed by atoms with E-state index in [4.69, 9.17) is 16.7 Å². The van der Waals surface area contributed by atoms with Crippen molar-refractivity contribution in [3.05, 3.63) is 16.4 Å². The van der Waals surface area contributed by atoms with Crippen molar-refractivity contribution >= 4 is 23.4 Å². The van der Waals surface area contributed by atoms with E-state index in [0.717, 1.165) is 16.7 Å². The Bertz CT molecular complexity index is 381. The Morgan fingerprint density at radius 1 is 1.12 bits per heavy atom. The summed E-state index contributed by atoms with van der Waals surface area (Å²) in [5.41, 5.74) is 2.54. The van der Waals surface area contributed by atoms with E-state index in [0.29, 0.717) is 6.04 Å². The van der Waals surface area contributed by atoms with Crippen LogP contribution >= 0.6 is 23.4 Å². The van der Waals surface area contributed by atoms with Gasteiger partial charge in [-0.1, -0.05) is 37.3 Å². The van der Waals surface area contributed by atoms with E-state index in [2.05, 4.69) is 4.68 Å². The quantitative estimate of drug-likeness (QED) is 0.702. The van der Waals surface area contributed by atoms with Crippen molar-refractivity contribution in [1.29, 1.82) is 0 Å². The highest BCUT2D eigenvalue weighted by Gasteiger charge is 2.25. The molecule has 2 heterocycles. The zero-order valence-electron chi connectivity index (χ0n) is 9.41. The lowest BCUT2D eigenvalue weighted by molar-refractivity contribution is 0.404. The first kappa shape index (κ1) is 11.0. The lowest BCUT2D eigenvalue weighted by atomic mass is 10.1. The Labute approximate surface area is 106 Å². The molecule has 2 nitrogen and oxygen atoms in total. The second kappa shape index (κ2) is 4.61. The molecule has 1 fully saturated rings. The lowest BCUT2D eigenvalue weighted by Crippen LogP contribution is -2.10. The van der Waals surface area contributed by atoms with Crippen LogP contribution in [0.1, 0.15) is 55.8 Å². The fourth-order valence-electron chi connectivity index (χ4n) is 2.74. The summed E-state index contributed by atoms with van der Waals surface area (Å²) in [7, 11) is 0. The molecule has 1 aliphatic carbocycles. The smallest absolute Gasteiger partial charge is 0.131 e. The third kappa shape index (κ3) is 1.88. The maximum absolute atomic E-state index is 6.44. The highest BCUT2D eigenvalue weighted by atomic mass is 35.5. The molecule has 4 heteroatoms. The first-order valence-electron chi connectivity index (χ1n) is 6.20. The Morgan fingerprint density at radius 2 is 1.88 bits per heavy atom. The SMILES string of the molecule is Clc1c2c(nn1C1CCCCCC1)CSC2. The molecule has 0 atom stereocenters. The third-order valence-corrected chi connectivity index (χ3v) is 5.05. The summed E-state index contributed by atoms with van der Waals surface area (Å²) < 4.78 is 2.12. The number of halogens is 1. The topological polar surface area (TPSA) is 17.8 Å². The van der Waals surface area contributed by atoms with Crippen molar-refractivity contribution in [2.45, 2.75) is 56.1 Å². The van der Waals surface area contributed by atoms with Crippen molar-refractivity contribution in [3.8, 4) is 0 Å². The molecule has 0 radical (unpaired) electrons. The van der Waals surface area contributed by atoms with Crippen LogP contribution in [0.15, 0.2) is 0 Å². The van der Waals surface area contributed by atoms with Crippen molar-refractivity contribution in [2.75, 3.05) is 0 Å². The number of rotatable bonds is 1. The van der Waals surface area contributed by atoms with Crippen molar-refractivity contribution in [1.82, 2.24) is 9.78 Å². The molecular weight excluding hydrogens is 240 g/mol. The van der Waals surface area contributed by atoms with Crippen LogP contribution in [0.25, 0.3) is 0 Å². The summed E-state index contributed by atoms with van der Waals surface area (Å²) in [6, 6.07) is 0.561. The summed E-state index contributed by atoms with van der Waals surface area (Å²) >= 11 is 8.37. The standard InChI is InChI=1S/C12H17ClN2S/c13-12-10-7-16-8-11(10)14-15(12)9-5-3-1-2-4-6-9/h9H,1-8H2. The minimum absolute atomic E-state index is 0.561. The number of thioether (sulfide) groups is 1. The predicted molar refractivity (Wildman–Crippen MR) is 69.0 cm³/mol. The summed E-state index contributed by atoms with van der Waals surface area (Å²) in [5, 5.41) is 5.64. The van der Waals surface area contributed by atoms with E-state index in [1.165, 1.54) is 49.8 Å². The van der Waals surface area contributed by atoms with E-state index in [-0.39, 0.29) is 0 Å². The van der Waals surface area contributed by atoms with Crippen LogP contribution in [0.3, 0.4) is 0 Å². The minimum Gasteiger partial charge on any atom is -0.250 e. The second-order valence-electron chi connectivity index (χ2n) is 4.80. The summed E-state index contributed by atoms with van der Waals surface area (Å²) in [5.74, 6) is 2.11. The molecular formula is C12H17ClN2S. The van der Waals surface area contributed by atoms with Crippen LogP contribution in [0.2, 0.25) is 5.15 Å². The molecule has 0 aromatic carbocycles. The molecule has 2 aliphatic rings. The first-order chi connectivity index (χ1) is 7.86. The van der Waals surface area contributed by atoms with Gasteiger partial charge in [-0.25, -0.2) is 0 Å². The van der Waals surface area contributed by atoms with Gasteiger partial charge in [0.25, 0.3) is 0 Å². The number of fused-ring (bicyclic) bond motifs is 1. The number of nitrogens with zero attached hydrogens (tertiary/aromatic N) is 2. The maximum atomic E-state index is 6.44. The predicted octanol–water partition coefficient (Wildman–Crippen LogP) is 4.18. The van der Waals surface area contributed by atoms with Crippen molar-refractivity contribution in [3.63, 3.8) is 0 Å². The number of hydrogen-bond donors (Lipinski definition) is 0. The zero-order valence-corrected chi connectivity index (χ0v) is 11.0. The van der Waals surface area contributed by atoms with Crippen LogP contribution in [-0.4, -0.2) is 9.78 Å². The van der Waals surface area contributed by atoms with Gasteiger partial charge in [0.2, 0.25) is 0 Å². The van der Waals surface area contributed by atoms with Crippen LogP contribution in [0.5, 0.6) is 0 Å². The Balaban J connectivity index is 1.88. The van der Waals surface area contributed by atoms with E-state index in [1.54, 1.807) is 0 Å². The lowest BCUT2D eigenvalue weighted by Gasteiger charge is -2.16. The number of hydrogen-bond acceptors (Lipinski definition) is 2. The van der Waals surface area contributed by atoms with Gasteiger partial charge in [-0.3, -0.25) is 4.68 Å². The van der Waals surface area contributed by atoms with Crippen LogP contribution in [-0.2, 0) is 11.5 Å². The summed E-state index contributed by atoms with van der Waals surface area (Å²) in [6.45, 7) is 0. The van der Waals surface area contributed by atoms with E-state index < -0.39 is 0 Å². The molecule has 88 valence electrons. The van der Waals surface area contributed by atoms with Gasteiger partial charge < -0.3 is 0 Å². The van der Waals surface area contributed by atoms with Gasteiger partial charge >= 0.3 is 0 Å². The fraction of sp³-hybridized carbons (Fsp3) is 0.750. The normalized spacial score (nSPS) is 22.1. The minimum atomic E-state index is 0.561. The number of aromatic nitrogens is 2. The van der Waals surface area contributed by atoms with Crippen molar-refractivity contribution < 1.29 is 0 Å². The molecule has 0 spiro atoms. The van der Waals surface area contributed by atoms with Gasteiger partial charge in [-0.05, 0) is 12.8 Å². The molecule has 0 saturated heterocycles. The monoisotopic (exact) mass is 256 g/mol. The van der Waals surface area contributed by atoms with Crippen LogP contribution in [0.4, 0.5) is 0 Å². The van der Waals surface area contributed by atoms with E-state index >= 15 is 0 Å². The first-order valence-corrected chi connectivity index (χ1v) is 7.73. The molecule has 3 rings (SSSR count). The molecule has 1 aromatic rings. The Hall–Kier alpha value is -0.150. The fourth-order valence-corrected chi connectivity index (χ4v) is 4.21. The molecule has 16 heavy (non-hydrogen) atoms. The molecule has 1 aromatic heterocycles. The van der Waals surface area contributed by atoms with Gasteiger partial charge in [0, 0.05) is 17.1 Å². The van der Waals surface area contributed by atoms with Gasteiger partial charge in [0.1, 0.15) is 5.15 Å². The zero-order chi connectivity index (χ0) is 11.0. The Kier molecular flexibility index (Phi) is 3.16. The Morgan fingerprint density at radius 3 is 2.56 bits per heavy atom. The van der Waals surface area contributed by atoms with E-state index in [1.807, 2.05) is 11.8 Å². The van der Waals surface area contributed by atoms with Gasteiger partial charge in [-0.15, -0.1) is 0 Å². The molecule has 1 aliphatic heterocycles. The van der Waals surface area contributed by atoms with Gasteiger partial charge in [0.15, 0.2) is 0 Å². The maximum Gasteiger partial charge on any atom is 0.131 e. The molecule has 0 N–H and O–H groups in total. The van der Waals surface area contributed by atoms with E-state index in [9.17, 15) is 0 Å². The summed E-state index contributed by atoms with van der Waals surface area (Å²) in [4.78, 5) is 0. The van der Waals surface area contributed by atoms with Crippen LogP contribution < -0.4 is 0 Å². The molecule has 0 amide bonds. The molecule has 0 unspecified atom stereocenters.